The van der Waals surface area contributed by atoms with E-state index in [2.05, 4.69) is 52.0 Å². The second-order valence-corrected chi connectivity index (χ2v) is 8.12. The Hall–Kier alpha value is -1.17. The Morgan fingerprint density at radius 1 is 1.09 bits per heavy atom. The van der Waals surface area contributed by atoms with Gasteiger partial charge in [0.1, 0.15) is 0 Å². The second-order valence-electron chi connectivity index (χ2n) is 5.66. The fourth-order valence-corrected chi connectivity index (χ4v) is 4.00. The van der Waals surface area contributed by atoms with Gasteiger partial charge < -0.3 is 4.90 Å². The summed E-state index contributed by atoms with van der Waals surface area (Å²) in [5, 5.41) is 0. The van der Waals surface area contributed by atoms with Crippen LogP contribution in [-0.2, 0) is 6.54 Å². The van der Waals surface area contributed by atoms with Crippen molar-refractivity contribution in [1.82, 2.24) is 9.80 Å². The first-order valence-electron chi connectivity index (χ1n) is 7.44. The van der Waals surface area contributed by atoms with Crippen LogP contribution in [0.15, 0.2) is 40.2 Å². The zero-order chi connectivity index (χ0) is 15.5. The lowest BCUT2D eigenvalue weighted by molar-refractivity contribution is 0.0633. The van der Waals surface area contributed by atoms with Crippen LogP contribution in [0.5, 0.6) is 0 Å². The molecule has 0 radical (unpaired) electrons. The van der Waals surface area contributed by atoms with Gasteiger partial charge in [-0.1, -0.05) is 29.8 Å². The van der Waals surface area contributed by atoms with E-state index < -0.39 is 0 Å². The Balaban J connectivity index is 1.54. The first-order valence-corrected chi connectivity index (χ1v) is 9.05. The lowest BCUT2D eigenvalue weighted by Crippen LogP contribution is -2.48. The third-order valence-corrected chi connectivity index (χ3v) is 5.58. The van der Waals surface area contributed by atoms with Gasteiger partial charge in [-0.25, -0.2) is 0 Å². The Labute approximate surface area is 143 Å². The fraction of sp³-hybridized carbons (Fsp3) is 0.353. The predicted octanol–water partition coefficient (Wildman–Crippen LogP) is 3.78. The summed E-state index contributed by atoms with van der Waals surface area (Å²) in [7, 11) is 0. The Kier molecular flexibility index (Phi) is 4.96. The lowest BCUT2D eigenvalue weighted by Gasteiger charge is -2.34. The number of rotatable bonds is 3. The molecular formula is C17H19BrN2OS. The maximum atomic E-state index is 12.4. The average Bonchev–Trinajstić information content (AvgIpc) is 2.96. The monoisotopic (exact) mass is 378 g/mol. The highest BCUT2D eigenvalue weighted by Gasteiger charge is 2.23. The predicted molar refractivity (Wildman–Crippen MR) is 94.4 cm³/mol. The maximum Gasteiger partial charge on any atom is 0.264 e. The van der Waals surface area contributed by atoms with Gasteiger partial charge in [0.2, 0.25) is 0 Å². The molecule has 1 amide bonds. The summed E-state index contributed by atoms with van der Waals surface area (Å²) >= 11 is 4.92. The number of amides is 1. The van der Waals surface area contributed by atoms with Crippen molar-refractivity contribution in [1.29, 1.82) is 0 Å². The van der Waals surface area contributed by atoms with Gasteiger partial charge in [0.25, 0.3) is 5.91 Å². The normalized spacial score (nSPS) is 16.0. The molecule has 0 atom stereocenters. The molecule has 3 rings (SSSR count). The van der Waals surface area contributed by atoms with E-state index in [9.17, 15) is 4.79 Å². The summed E-state index contributed by atoms with van der Waals surface area (Å²) in [6.07, 6.45) is 0. The SMILES string of the molecule is Cc1ccc(CN2CCN(C(=O)c3ccc(Br)s3)CC2)cc1. The standard InChI is InChI=1S/C17H19BrN2OS/c1-13-2-4-14(5-3-13)12-19-8-10-20(11-9-19)17(21)15-6-7-16(18)22-15/h2-7H,8-12H2,1H3. The highest BCUT2D eigenvalue weighted by atomic mass is 79.9. The molecule has 1 aliphatic heterocycles. The van der Waals surface area contributed by atoms with Crippen molar-refractivity contribution >= 4 is 33.2 Å². The van der Waals surface area contributed by atoms with Crippen LogP contribution in [0.1, 0.15) is 20.8 Å². The number of nitrogens with zero attached hydrogens (tertiary/aromatic N) is 2. The van der Waals surface area contributed by atoms with Crippen LogP contribution in [0.25, 0.3) is 0 Å². The van der Waals surface area contributed by atoms with E-state index in [0.29, 0.717) is 0 Å². The van der Waals surface area contributed by atoms with E-state index in [1.54, 1.807) is 0 Å². The zero-order valence-corrected chi connectivity index (χ0v) is 15.0. The molecule has 1 saturated heterocycles. The van der Waals surface area contributed by atoms with E-state index in [-0.39, 0.29) is 5.91 Å². The van der Waals surface area contributed by atoms with Crippen molar-refractivity contribution in [3.63, 3.8) is 0 Å². The van der Waals surface area contributed by atoms with Gasteiger partial charge in [0, 0.05) is 32.7 Å². The molecule has 0 bridgehead atoms. The maximum absolute atomic E-state index is 12.4. The van der Waals surface area contributed by atoms with E-state index in [0.717, 1.165) is 41.4 Å². The van der Waals surface area contributed by atoms with Gasteiger partial charge in [-0.2, -0.15) is 0 Å². The molecule has 1 aliphatic rings. The molecule has 1 aromatic heterocycles. The number of benzene rings is 1. The summed E-state index contributed by atoms with van der Waals surface area (Å²) in [6, 6.07) is 12.5. The quantitative estimate of drug-likeness (QED) is 0.811. The summed E-state index contributed by atoms with van der Waals surface area (Å²) < 4.78 is 1.01. The molecule has 1 fully saturated rings. The van der Waals surface area contributed by atoms with Crippen LogP contribution in [0, 0.1) is 6.92 Å². The Morgan fingerprint density at radius 3 is 2.36 bits per heavy atom. The van der Waals surface area contributed by atoms with Gasteiger partial charge in [-0.15, -0.1) is 11.3 Å². The number of halogens is 1. The third kappa shape index (κ3) is 3.77. The smallest absolute Gasteiger partial charge is 0.264 e. The van der Waals surface area contributed by atoms with Crippen LogP contribution in [0.4, 0.5) is 0 Å². The Morgan fingerprint density at radius 2 is 1.77 bits per heavy atom. The number of aryl methyl sites for hydroxylation is 1. The van der Waals surface area contributed by atoms with Gasteiger partial charge >= 0.3 is 0 Å². The summed E-state index contributed by atoms with van der Waals surface area (Å²) in [5.74, 6) is 0.158. The molecule has 0 spiro atoms. The van der Waals surface area contributed by atoms with Crippen LogP contribution in [0.2, 0.25) is 0 Å². The van der Waals surface area contributed by atoms with Crippen LogP contribution < -0.4 is 0 Å². The molecule has 2 heterocycles. The second kappa shape index (κ2) is 6.94. The first-order chi connectivity index (χ1) is 10.6. The molecule has 0 aliphatic carbocycles. The molecule has 3 nitrogen and oxygen atoms in total. The number of hydrogen-bond donors (Lipinski definition) is 0. The van der Waals surface area contributed by atoms with Crippen LogP contribution >= 0.6 is 27.3 Å². The largest absolute Gasteiger partial charge is 0.335 e. The van der Waals surface area contributed by atoms with Gasteiger partial charge in [0.15, 0.2) is 0 Å². The van der Waals surface area contributed by atoms with Gasteiger partial charge in [0.05, 0.1) is 8.66 Å². The minimum absolute atomic E-state index is 0.158. The lowest BCUT2D eigenvalue weighted by atomic mass is 10.1. The minimum Gasteiger partial charge on any atom is -0.335 e. The highest BCUT2D eigenvalue weighted by Crippen LogP contribution is 2.23. The highest BCUT2D eigenvalue weighted by molar-refractivity contribution is 9.11. The molecule has 0 N–H and O–H groups in total. The first kappa shape index (κ1) is 15.7. The molecule has 22 heavy (non-hydrogen) atoms. The summed E-state index contributed by atoms with van der Waals surface area (Å²) in [6.45, 7) is 6.56. The van der Waals surface area contributed by atoms with Gasteiger partial charge in [-0.3, -0.25) is 9.69 Å². The third-order valence-electron chi connectivity index (χ3n) is 3.97. The van der Waals surface area contributed by atoms with E-state index in [1.165, 1.54) is 22.5 Å². The average molecular weight is 379 g/mol. The number of piperazine rings is 1. The molecule has 0 saturated carbocycles. The van der Waals surface area contributed by atoms with Crippen molar-refractivity contribution in [2.75, 3.05) is 26.2 Å². The van der Waals surface area contributed by atoms with Crippen molar-refractivity contribution in [3.8, 4) is 0 Å². The van der Waals surface area contributed by atoms with Crippen LogP contribution in [0.3, 0.4) is 0 Å². The topological polar surface area (TPSA) is 23.6 Å². The van der Waals surface area contributed by atoms with E-state index in [1.807, 2.05) is 17.0 Å². The van der Waals surface area contributed by atoms with Crippen molar-refractivity contribution < 1.29 is 4.79 Å². The molecular weight excluding hydrogens is 360 g/mol. The van der Waals surface area contributed by atoms with Gasteiger partial charge in [-0.05, 0) is 40.5 Å². The van der Waals surface area contributed by atoms with Crippen molar-refractivity contribution in [3.05, 3.63) is 56.2 Å². The van der Waals surface area contributed by atoms with Crippen molar-refractivity contribution in [2.45, 2.75) is 13.5 Å². The minimum atomic E-state index is 0.158. The van der Waals surface area contributed by atoms with E-state index in [4.69, 9.17) is 0 Å². The molecule has 0 unspecified atom stereocenters. The molecule has 116 valence electrons. The molecule has 1 aromatic carbocycles. The Bertz CT molecular complexity index is 645. The van der Waals surface area contributed by atoms with E-state index >= 15 is 0 Å². The molecule has 2 aromatic rings. The number of carbonyl (C=O) groups excluding carboxylic acids is 1. The zero-order valence-electron chi connectivity index (χ0n) is 12.6. The molecule has 5 heteroatoms. The number of thiophene rings is 1. The number of hydrogen-bond acceptors (Lipinski definition) is 3. The fourth-order valence-electron chi connectivity index (χ4n) is 2.65. The van der Waals surface area contributed by atoms with Crippen molar-refractivity contribution in [2.24, 2.45) is 0 Å². The number of carbonyl (C=O) groups is 1. The van der Waals surface area contributed by atoms with Crippen LogP contribution in [-0.4, -0.2) is 41.9 Å². The summed E-state index contributed by atoms with van der Waals surface area (Å²) in [4.78, 5) is 17.6. The summed E-state index contributed by atoms with van der Waals surface area (Å²) in [5.41, 5.74) is 2.63.